The fourth-order valence-electron chi connectivity index (χ4n) is 2.25. The summed E-state index contributed by atoms with van der Waals surface area (Å²) in [6.45, 7) is 1.38. The van der Waals surface area contributed by atoms with Gasteiger partial charge in [-0.25, -0.2) is 9.78 Å². The molecule has 3 rings (SSSR count). The number of anilines is 1. The maximum atomic E-state index is 12.5. The van der Waals surface area contributed by atoms with Crippen LogP contribution in [-0.2, 0) is 15.7 Å². The van der Waals surface area contributed by atoms with E-state index < -0.39 is 29.7 Å². The normalized spacial score (nSPS) is 12.6. The lowest BCUT2D eigenvalue weighted by Gasteiger charge is -2.14. The summed E-state index contributed by atoms with van der Waals surface area (Å²) in [4.78, 5) is 28.4. The minimum atomic E-state index is -4.45. The molecule has 1 N–H and O–H groups in total. The van der Waals surface area contributed by atoms with Crippen molar-refractivity contribution >= 4 is 39.1 Å². The third-order valence-corrected chi connectivity index (χ3v) is 4.49. The van der Waals surface area contributed by atoms with Gasteiger partial charge in [-0.2, -0.15) is 13.2 Å². The van der Waals surface area contributed by atoms with E-state index in [1.165, 1.54) is 18.3 Å². The molecule has 0 spiro atoms. The molecule has 0 saturated heterocycles. The molecule has 1 amide bonds. The Kier molecular flexibility index (Phi) is 5.13. The van der Waals surface area contributed by atoms with Crippen LogP contribution in [0.25, 0.3) is 10.2 Å². The average Bonchev–Trinajstić information content (AvgIpc) is 3.09. The number of halogens is 3. The van der Waals surface area contributed by atoms with Gasteiger partial charge in [-0.1, -0.05) is 0 Å². The number of alkyl halides is 3. The third kappa shape index (κ3) is 4.43. The van der Waals surface area contributed by atoms with Crippen molar-refractivity contribution in [2.24, 2.45) is 0 Å². The van der Waals surface area contributed by atoms with E-state index in [0.29, 0.717) is 0 Å². The fraction of sp³-hybridized carbons (Fsp3) is 0.167. The quantitative estimate of drug-likeness (QED) is 0.662. The van der Waals surface area contributed by atoms with E-state index in [-0.39, 0.29) is 11.3 Å². The monoisotopic (exact) mass is 394 g/mol. The van der Waals surface area contributed by atoms with Crippen LogP contribution in [0.4, 0.5) is 18.9 Å². The Balaban J connectivity index is 1.62. The first-order valence-corrected chi connectivity index (χ1v) is 8.64. The number of hydrogen-bond acceptors (Lipinski definition) is 5. The Morgan fingerprint density at radius 2 is 1.85 bits per heavy atom. The first-order chi connectivity index (χ1) is 12.7. The van der Waals surface area contributed by atoms with Crippen molar-refractivity contribution in [1.82, 2.24) is 4.98 Å². The second-order valence-electron chi connectivity index (χ2n) is 5.65. The number of nitrogens with zero attached hydrogens (tertiary/aromatic N) is 1. The number of hydrogen-bond donors (Lipinski definition) is 1. The van der Waals surface area contributed by atoms with Crippen LogP contribution in [0.3, 0.4) is 0 Å². The summed E-state index contributed by atoms with van der Waals surface area (Å²) in [5.41, 5.74) is 2.03. The van der Waals surface area contributed by atoms with Crippen LogP contribution in [0.15, 0.2) is 48.0 Å². The zero-order valence-electron chi connectivity index (χ0n) is 13.9. The van der Waals surface area contributed by atoms with Crippen LogP contribution in [0, 0.1) is 0 Å². The molecular weight excluding hydrogens is 381 g/mol. The Labute approximate surface area is 155 Å². The SMILES string of the molecule is C[C@H](OC(=O)c1ccc2ncsc2c1)C(=O)Nc1ccc(C(F)(F)F)cc1. The van der Waals surface area contributed by atoms with Gasteiger partial charge in [-0.05, 0) is 49.4 Å². The number of ether oxygens (including phenoxy) is 1. The van der Waals surface area contributed by atoms with Gasteiger partial charge in [0.05, 0.1) is 26.9 Å². The molecule has 9 heteroatoms. The predicted molar refractivity (Wildman–Crippen MR) is 94.6 cm³/mol. The Morgan fingerprint density at radius 3 is 2.52 bits per heavy atom. The summed E-state index contributed by atoms with van der Waals surface area (Å²) in [7, 11) is 0. The molecule has 0 unspecified atom stereocenters. The maximum absolute atomic E-state index is 12.5. The van der Waals surface area contributed by atoms with Gasteiger partial charge in [-0.3, -0.25) is 4.79 Å². The van der Waals surface area contributed by atoms with E-state index in [4.69, 9.17) is 4.74 Å². The van der Waals surface area contributed by atoms with Crippen molar-refractivity contribution in [2.45, 2.75) is 19.2 Å². The number of amides is 1. The summed E-state index contributed by atoms with van der Waals surface area (Å²) in [6, 6.07) is 8.82. The van der Waals surface area contributed by atoms with Gasteiger partial charge in [0.1, 0.15) is 0 Å². The molecule has 1 atom stereocenters. The number of benzene rings is 2. The van der Waals surface area contributed by atoms with E-state index in [1.807, 2.05) is 0 Å². The zero-order valence-corrected chi connectivity index (χ0v) is 14.7. The van der Waals surface area contributed by atoms with Crippen molar-refractivity contribution in [3.05, 3.63) is 59.1 Å². The summed E-state index contributed by atoms with van der Waals surface area (Å²) >= 11 is 1.37. The molecule has 2 aromatic carbocycles. The van der Waals surface area contributed by atoms with Crippen LogP contribution in [0.2, 0.25) is 0 Å². The number of carbonyl (C=O) groups is 2. The van der Waals surface area contributed by atoms with E-state index in [2.05, 4.69) is 10.3 Å². The summed E-state index contributed by atoms with van der Waals surface area (Å²) in [5.74, 6) is -1.33. The molecule has 0 aliphatic heterocycles. The highest BCUT2D eigenvalue weighted by atomic mass is 32.1. The Morgan fingerprint density at radius 1 is 1.15 bits per heavy atom. The molecule has 5 nitrogen and oxygen atoms in total. The number of esters is 1. The molecule has 3 aromatic rings. The molecule has 0 radical (unpaired) electrons. The number of nitrogens with one attached hydrogen (secondary N) is 1. The van der Waals surface area contributed by atoms with Gasteiger partial charge >= 0.3 is 12.1 Å². The van der Waals surface area contributed by atoms with Gasteiger partial charge in [-0.15, -0.1) is 11.3 Å². The molecular formula is C18H13F3N2O3S. The maximum Gasteiger partial charge on any atom is 0.416 e. The Bertz CT molecular complexity index is 983. The van der Waals surface area contributed by atoms with E-state index in [9.17, 15) is 22.8 Å². The van der Waals surface area contributed by atoms with Crippen LogP contribution < -0.4 is 5.32 Å². The molecule has 140 valence electrons. The van der Waals surface area contributed by atoms with E-state index in [1.54, 1.807) is 23.7 Å². The molecule has 0 aliphatic rings. The third-order valence-electron chi connectivity index (χ3n) is 3.70. The smallest absolute Gasteiger partial charge is 0.416 e. The van der Waals surface area contributed by atoms with Gasteiger partial charge in [0.15, 0.2) is 6.10 Å². The Hall–Kier alpha value is -2.94. The summed E-state index contributed by atoms with van der Waals surface area (Å²) in [5, 5.41) is 2.41. The minimum Gasteiger partial charge on any atom is -0.449 e. The minimum absolute atomic E-state index is 0.168. The largest absolute Gasteiger partial charge is 0.449 e. The zero-order chi connectivity index (χ0) is 19.6. The second kappa shape index (κ2) is 7.36. The topological polar surface area (TPSA) is 68.3 Å². The van der Waals surface area contributed by atoms with Crippen molar-refractivity contribution in [2.75, 3.05) is 5.32 Å². The van der Waals surface area contributed by atoms with E-state index >= 15 is 0 Å². The highest BCUT2D eigenvalue weighted by Crippen LogP contribution is 2.29. The summed E-state index contributed by atoms with van der Waals surface area (Å²) in [6.07, 6.45) is -5.58. The second-order valence-corrected chi connectivity index (χ2v) is 6.53. The molecule has 1 aromatic heterocycles. The van der Waals surface area contributed by atoms with Gasteiger partial charge in [0, 0.05) is 5.69 Å². The van der Waals surface area contributed by atoms with Crippen molar-refractivity contribution in [3.63, 3.8) is 0 Å². The highest BCUT2D eigenvalue weighted by molar-refractivity contribution is 7.16. The first kappa shape index (κ1) is 18.8. The number of fused-ring (bicyclic) bond motifs is 1. The van der Waals surface area contributed by atoms with Crippen molar-refractivity contribution in [1.29, 1.82) is 0 Å². The van der Waals surface area contributed by atoms with Crippen LogP contribution in [0.1, 0.15) is 22.8 Å². The molecule has 0 bridgehead atoms. The van der Waals surface area contributed by atoms with Crippen LogP contribution in [0.5, 0.6) is 0 Å². The van der Waals surface area contributed by atoms with Gasteiger partial charge < -0.3 is 10.1 Å². The number of thiazole rings is 1. The lowest BCUT2D eigenvalue weighted by atomic mass is 10.2. The number of aromatic nitrogens is 1. The number of rotatable bonds is 4. The van der Waals surface area contributed by atoms with E-state index in [0.717, 1.165) is 34.5 Å². The molecule has 27 heavy (non-hydrogen) atoms. The number of carbonyl (C=O) groups excluding carboxylic acids is 2. The van der Waals surface area contributed by atoms with Crippen molar-refractivity contribution in [3.8, 4) is 0 Å². The molecule has 0 saturated carbocycles. The van der Waals surface area contributed by atoms with Gasteiger partial charge in [0.25, 0.3) is 5.91 Å². The highest BCUT2D eigenvalue weighted by Gasteiger charge is 2.30. The fourth-order valence-corrected chi connectivity index (χ4v) is 2.97. The molecule has 0 fully saturated rings. The first-order valence-electron chi connectivity index (χ1n) is 7.76. The predicted octanol–water partition coefficient (Wildman–Crippen LogP) is 4.50. The standard InChI is InChI=1S/C18H13F3N2O3S/c1-10(16(24)23-13-5-3-12(4-6-13)18(19,20)21)26-17(25)11-2-7-14-15(8-11)27-9-22-14/h2-10H,1H3,(H,23,24)/t10-/m0/s1. The molecule has 0 aliphatic carbocycles. The van der Waals surface area contributed by atoms with Crippen LogP contribution >= 0.6 is 11.3 Å². The van der Waals surface area contributed by atoms with Gasteiger partial charge in [0.2, 0.25) is 0 Å². The lowest BCUT2D eigenvalue weighted by molar-refractivity contribution is -0.137. The molecule has 1 heterocycles. The summed E-state index contributed by atoms with van der Waals surface area (Å²) < 4.78 is 43.6. The lowest BCUT2D eigenvalue weighted by Crippen LogP contribution is -2.30. The van der Waals surface area contributed by atoms with Crippen LogP contribution in [-0.4, -0.2) is 23.0 Å². The average molecular weight is 394 g/mol. The van der Waals surface area contributed by atoms with Crippen molar-refractivity contribution < 1.29 is 27.5 Å².